The second-order valence-electron chi connectivity index (χ2n) is 10.6. The number of rotatable bonds is 18. The zero-order valence-electron chi connectivity index (χ0n) is 26.6. The van der Waals surface area contributed by atoms with Gasteiger partial charge in [-0.05, 0) is 43.0 Å². The first-order chi connectivity index (χ1) is 21.9. The summed E-state index contributed by atoms with van der Waals surface area (Å²) in [5.74, 6) is 0.951. The number of carbonyl (C=O) groups excluding carboxylic acids is 2. The minimum absolute atomic E-state index is 0.0592. The Hall–Kier alpha value is -3.63. The van der Waals surface area contributed by atoms with Gasteiger partial charge in [-0.1, -0.05) is 39.5 Å². The molecule has 0 spiro atoms. The lowest BCUT2D eigenvalue weighted by Crippen LogP contribution is -2.20. The molecule has 0 radical (unpaired) electrons. The molecule has 2 N–H and O–H groups in total. The van der Waals surface area contributed by atoms with Gasteiger partial charge in [0.05, 0.1) is 39.3 Å². The molecular formula is C28H40N5O11PS. The van der Waals surface area contributed by atoms with Crippen LogP contribution in [0.4, 0.5) is 15.5 Å². The van der Waals surface area contributed by atoms with E-state index in [1.807, 2.05) is 52.0 Å². The third-order valence-electron chi connectivity index (χ3n) is 5.62. The Balaban J connectivity index is 1.64. The highest BCUT2D eigenvalue weighted by Gasteiger charge is 2.29. The third-order valence-corrected chi connectivity index (χ3v) is 8.06. The lowest BCUT2D eigenvalue weighted by molar-refractivity contribution is -0.0317. The van der Waals surface area contributed by atoms with Crippen LogP contribution in [0.5, 0.6) is 5.75 Å². The van der Waals surface area contributed by atoms with E-state index in [4.69, 9.17) is 43.2 Å². The highest BCUT2D eigenvalue weighted by atomic mass is 32.2. The van der Waals surface area contributed by atoms with Gasteiger partial charge in [0, 0.05) is 4.90 Å². The van der Waals surface area contributed by atoms with Crippen molar-refractivity contribution in [2.75, 3.05) is 46.0 Å². The van der Waals surface area contributed by atoms with Crippen molar-refractivity contribution in [3.8, 4) is 5.75 Å². The highest BCUT2D eigenvalue weighted by Crippen LogP contribution is 2.48. The Morgan fingerprint density at radius 2 is 1.50 bits per heavy atom. The fourth-order valence-corrected chi connectivity index (χ4v) is 5.38. The summed E-state index contributed by atoms with van der Waals surface area (Å²) in [4.78, 5) is 37.6. The molecule has 0 fully saturated rings. The Kier molecular flexibility index (Phi) is 14.3. The van der Waals surface area contributed by atoms with Gasteiger partial charge in [-0.15, -0.1) is 0 Å². The number of nitrogens with zero attached hydrogens (tertiary/aromatic N) is 4. The van der Waals surface area contributed by atoms with E-state index in [-0.39, 0.29) is 37.5 Å². The molecule has 18 heteroatoms. The van der Waals surface area contributed by atoms with Crippen molar-refractivity contribution in [1.29, 1.82) is 0 Å². The van der Waals surface area contributed by atoms with Gasteiger partial charge in [0.15, 0.2) is 5.65 Å². The molecule has 16 nitrogen and oxygen atoms in total. The molecule has 0 saturated carbocycles. The van der Waals surface area contributed by atoms with E-state index in [0.29, 0.717) is 16.2 Å². The fraction of sp³-hybridized carbons (Fsp3) is 0.536. The monoisotopic (exact) mass is 685 g/mol. The minimum atomic E-state index is -4.13. The molecule has 0 saturated heterocycles. The molecule has 0 aliphatic rings. The number of fused-ring (bicyclic) bond motifs is 1. The van der Waals surface area contributed by atoms with Crippen LogP contribution in [-0.2, 0) is 43.8 Å². The molecule has 46 heavy (non-hydrogen) atoms. The van der Waals surface area contributed by atoms with E-state index < -0.39 is 45.9 Å². The Morgan fingerprint density at radius 1 is 0.913 bits per heavy atom. The molecule has 3 aromatic rings. The van der Waals surface area contributed by atoms with Crippen molar-refractivity contribution < 1.29 is 51.6 Å². The van der Waals surface area contributed by atoms with Crippen LogP contribution < -0.4 is 10.5 Å². The SMILES string of the molecule is COc1ccc(Sc2nc(N)nc3c2ncn3CC(C)OCP(=O)(OCOC(=O)OCC(C)C)OCOC(=O)OCC(C)C)cc1. The van der Waals surface area contributed by atoms with Crippen molar-refractivity contribution in [3.05, 3.63) is 30.6 Å². The maximum absolute atomic E-state index is 13.4. The maximum Gasteiger partial charge on any atom is 0.510 e. The fourth-order valence-electron chi connectivity index (χ4n) is 3.42. The van der Waals surface area contributed by atoms with Crippen molar-refractivity contribution in [1.82, 2.24) is 19.5 Å². The molecule has 0 aliphatic carbocycles. The van der Waals surface area contributed by atoms with Crippen molar-refractivity contribution in [3.63, 3.8) is 0 Å². The number of nitrogens with two attached hydrogens (primary N) is 1. The number of ether oxygens (including phenoxy) is 6. The van der Waals surface area contributed by atoms with Crippen LogP contribution in [0, 0.1) is 11.8 Å². The number of anilines is 1. The van der Waals surface area contributed by atoms with Crippen LogP contribution in [0.1, 0.15) is 34.6 Å². The topological polar surface area (TPSA) is 195 Å². The van der Waals surface area contributed by atoms with Crippen LogP contribution >= 0.6 is 19.4 Å². The molecule has 0 amide bonds. The van der Waals surface area contributed by atoms with E-state index >= 15 is 0 Å². The van der Waals surface area contributed by atoms with E-state index in [1.165, 1.54) is 11.8 Å². The van der Waals surface area contributed by atoms with Gasteiger partial charge in [-0.2, -0.15) is 4.98 Å². The number of hydrogen-bond donors (Lipinski definition) is 1. The van der Waals surface area contributed by atoms with Crippen LogP contribution in [0.2, 0.25) is 0 Å². The largest absolute Gasteiger partial charge is 0.510 e. The van der Waals surface area contributed by atoms with E-state index in [2.05, 4.69) is 15.0 Å². The van der Waals surface area contributed by atoms with Gasteiger partial charge in [0.25, 0.3) is 0 Å². The normalized spacial score (nSPS) is 12.3. The Morgan fingerprint density at radius 3 is 2.04 bits per heavy atom. The second-order valence-corrected chi connectivity index (χ2v) is 13.7. The molecule has 1 aromatic carbocycles. The zero-order chi connectivity index (χ0) is 33.7. The molecule has 0 aliphatic heterocycles. The lowest BCUT2D eigenvalue weighted by atomic mass is 10.2. The van der Waals surface area contributed by atoms with Gasteiger partial charge in [-0.3, -0.25) is 13.6 Å². The number of hydrogen-bond acceptors (Lipinski definition) is 16. The first-order valence-electron chi connectivity index (χ1n) is 14.3. The number of nitrogen functional groups attached to an aromatic ring is 1. The first-order valence-corrected chi connectivity index (χ1v) is 16.8. The number of aromatic nitrogens is 4. The summed E-state index contributed by atoms with van der Waals surface area (Å²) < 4.78 is 56.1. The molecular weight excluding hydrogens is 645 g/mol. The predicted octanol–water partition coefficient (Wildman–Crippen LogP) is 5.69. The van der Waals surface area contributed by atoms with Crippen molar-refractivity contribution in [2.45, 2.75) is 57.2 Å². The summed E-state index contributed by atoms with van der Waals surface area (Å²) in [7, 11) is -2.54. The van der Waals surface area contributed by atoms with Gasteiger partial charge < -0.3 is 38.7 Å². The van der Waals surface area contributed by atoms with E-state index in [9.17, 15) is 14.2 Å². The van der Waals surface area contributed by atoms with Gasteiger partial charge in [-0.25, -0.2) is 19.6 Å². The van der Waals surface area contributed by atoms with Gasteiger partial charge in [0.1, 0.15) is 22.6 Å². The number of benzene rings is 1. The summed E-state index contributed by atoms with van der Waals surface area (Å²) in [5.41, 5.74) is 7.01. The second kappa shape index (κ2) is 17.9. The molecule has 0 bridgehead atoms. The molecule has 3 rings (SSSR count). The lowest BCUT2D eigenvalue weighted by Gasteiger charge is -2.21. The number of imidazole rings is 1. The average molecular weight is 686 g/mol. The standard InChI is InChI=1S/C28H40N5O11PS/c1-18(2)12-38-27(34)40-15-43-45(36,44-16-41-28(35)39-13-19(3)4)17-42-20(5)11-33-14-30-23-24(33)31-26(29)32-25(23)46-22-9-7-21(37-6)8-10-22/h7-10,14,18-20H,11-13,15-17H2,1-6H3,(H2,29,31,32). The predicted molar refractivity (Wildman–Crippen MR) is 166 cm³/mol. The van der Waals surface area contributed by atoms with Gasteiger partial charge in [0.2, 0.25) is 19.5 Å². The minimum Gasteiger partial charge on any atom is -0.497 e. The Bertz CT molecular complexity index is 1440. The summed E-state index contributed by atoms with van der Waals surface area (Å²) in [5, 5.41) is 0.560. The third kappa shape index (κ3) is 12.3. The quantitative estimate of drug-likeness (QED) is 0.0741. The summed E-state index contributed by atoms with van der Waals surface area (Å²) >= 11 is 1.37. The molecule has 2 aromatic heterocycles. The maximum atomic E-state index is 13.4. The van der Waals surface area contributed by atoms with Crippen LogP contribution in [-0.4, -0.2) is 78.2 Å². The van der Waals surface area contributed by atoms with Crippen LogP contribution in [0.25, 0.3) is 11.2 Å². The zero-order valence-corrected chi connectivity index (χ0v) is 28.3. The smallest absolute Gasteiger partial charge is 0.497 e. The molecule has 1 atom stereocenters. The van der Waals surface area contributed by atoms with Crippen molar-refractivity contribution in [2.24, 2.45) is 11.8 Å². The number of methoxy groups -OCH3 is 1. The van der Waals surface area contributed by atoms with Crippen LogP contribution in [0.15, 0.2) is 40.5 Å². The highest BCUT2D eigenvalue weighted by molar-refractivity contribution is 7.99. The van der Waals surface area contributed by atoms with Crippen LogP contribution in [0.3, 0.4) is 0 Å². The summed E-state index contributed by atoms with van der Waals surface area (Å²) in [6, 6.07) is 7.46. The van der Waals surface area contributed by atoms with Crippen molar-refractivity contribution >= 4 is 48.8 Å². The number of carbonyl (C=O) groups is 2. The average Bonchev–Trinajstić information content (AvgIpc) is 3.40. The molecule has 254 valence electrons. The molecule has 1 unspecified atom stereocenters. The molecule has 2 heterocycles. The first kappa shape index (κ1) is 36.8. The van der Waals surface area contributed by atoms with E-state index in [1.54, 1.807) is 24.9 Å². The summed E-state index contributed by atoms with van der Waals surface area (Å²) in [6.07, 6.45) is -1.62. The Labute approximate surface area is 271 Å². The van der Waals surface area contributed by atoms with E-state index in [0.717, 1.165) is 10.6 Å². The van der Waals surface area contributed by atoms with Gasteiger partial charge >= 0.3 is 19.9 Å². The summed E-state index contributed by atoms with van der Waals surface area (Å²) in [6.45, 7) is 8.07.